The molecule has 1 heterocycles. The van der Waals surface area contributed by atoms with E-state index in [-0.39, 0.29) is 24.1 Å². The van der Waals surface area contributed by atoms with E-state index < -0.39 is 0 Å². The van der Waals surface area contributed by atoms with Crippen molar-refractivity contribution in [2.45, 2.75) is 33.7 Å². The van der Waals surface area contributed by atoms with Crippen LogP contribution in [0.5, 0.6) is 0 Å². The van der Waals surface area contributed by atoms with Crippen molar-refractivity contribution in [3.05, 3.63) is 120 Å². The van der Waals surface area contributed by atoms with E-state index >= 15 is 0 Å². The van der Waals surface area contributed by atoms with Crippen LogP contribution in [-0.2, 0) is 17.8 Å². The number of hydrogen-bond donors (Lipinski definition) is 3. The van der Waals surface area contributed by atoms with Crippen molar-refractivity contribution in [3.8, 4) is 0 Å². The molecule has 2 aromatic carbocycles. The topological polar surface area (TPSA) is 112 Å². The highest BCUT2D eigenvalue weighted by Crippen LogP contribution is 2.15. The molecule has 3 aromatic rings. The maximum absolute atomic E-state index is 12.7. The van der Waals surface area contributed by atoms with Gasteiger partial charge in [0.15, 0.2) is 0 Å². The number of benzene rings is 2. The second-order valence-electron chi connectivity index (χ2n) is 8.18. The summed E-state index contributed by atoms with van der Waals surface area (Å²) in [5.74, 6) is -0.509. The highest BCUT2D eigenvalue weighted by atomic mass is 16.2. The third kappa shape index (κ3) is 8.28. The number of carbonyl (C=O) groups is 2. The van der Waals surface area contributed by atoms with Crippen LogP contribution < -0.4 is 11.1 Å². The van der Waals surface area contributed by atoms with Crippen LogP contribution in [0.2, 0.25) is 0 Å². The molecule has 0 fully saturated rings. The standard InChI is InChI=1S/C28H29N5O2.C2H6/c1-4-27(34)33(5-2)18-21-9-7-20(8-10-21)13-22-14-23(16-31-15-22)28(35)32-17-26(30)24-12-19(3)6-11-25(24)29;1-2/h4-12,14-16,30H,1-2,13,17-18,29H2,3H3,(H,32,35);1-2H3. The van der Waals surface area contributed by atoms with Gasteiger partial charge in [-0.05, 0) is 54.3 Å². The van der Waals surface area contributed by atoms with E-state index in [2.05, 4.69) is 23.5 Å². The number of nitrogens with one attached hydrogen (secondary N) is 2. The van der Waals surface area contributed by atoms with E-state index in [1.165, 1.54) is 23.4 Å². The average molecular weight is 498 g/mol. The first kappa shape index (κ1) is 28.7. The summed E-state index contributed by atoms with van der Waals surface area (Å²) in [4.78, 5) is 30.2. The first-order chi connectivity index (χ1) is 17.8. The van der Waals surface area contributed by atoms with E-state index in [4.69, 9.17) is 11.1 Å². The Hall–Kier alpha value is -4.52. The summed E-state index contributed by atoms with van der Waals surface area (Å²) < 4.78 is 0. The van der Waals surface area contributed by atoms with Gasteiger partial charge in [0.2, 0.25) is 5.91 Å². The van der Waals surface area contributed by atoms with Gasteiger partial charge in [-0.1, -0.05) is 62.9 Å². The van der Waals surface area contributed by atoms with Gasteiger partial charge in [0.25, 0.3) is 5.91 Å². The van der Waals surface area contributed by atoms with Crippen LogP contribution in [0, 0.1) is 12.3 Å². The molecule has 0 spiro atoms. The molecule has 37 heavy (non-hydrogen) atoms. The number of nitrogens with zero attached hydrogens (tertiary/aromatic N) is 2. The number of carbonyl (C=O) groups excluding carboxylic acids is 2. The highest BCUT2D eigenvalue weighted by molar-refractivity contribution is 6.06. The molecule has 0 atom stereocenters. The molecule has 192 valence electrons. The molecule has 0 radical (unpaired) electrons. The number of anilines is 1. The summed E-state index contributed by atoms with van der Waals surface area (Å²) in [6.45, 7) is 13.6. The molecule has 2 amide bonds. The van der Waals surface area contributed by atoms with Crippen molar-refractivity contribution in [3.63, 3.8) is 0 Å². The Balaban J connectivity index is 0.00000235. The zero-order valence-electron chi connectivity index (χ0n) is 21.8. The van der Waals surface area contributed by atoms with Crippen LogP contribution in [0.25, 0.3) is 0 Å². The van der Waals surface area contributed by atoms with Gasteiger partial charge in [0.05, 0.1) is 24.4 Å². The normalized spacial score (nSPS) is 9.92. The predicted octanol–water partition coefficient (Wildman–Crippen LogP) is 5.05. The van der Waals surface area contributed by atoms with Crippen molar-refractivity contribution in [1.29, 1.82) is 5.41 Å². The lowest BCUT2D eigenvalue weighted by Gasteiger charge is -2.16. The Morgan fingerprint density at radius 2 is 1.70 bits per heavy atom. The highest BCUT2D eigenvalue weighted by Gasteiger charge is 2.12. The van der Waals surface area contributed by atoms with Crippen LogP contribution >= 0.6 is 0 Å². The van der Waals surface area contributed by atoms with Crippen LogP contribution in [-0.4, -0.2) is 34.0 Å². The quantitative estimate of drug-likeness (QED) is 0.207. The molecular weight excluding hydrogens is 462 g/mol. The largest absolute Gasteiger partial charge is 0.398 e. The molecule has 3 rings (SSSR count). The molecule has 0 aliphatic heterocycles. The summed E-state index contributed by atoms with van der Waals surface area (Å²) in [5.41, 5.74) is 11.7. The minimum absolute atomic E-state index is 0.0637. The Bertz CT molecular complexity index is 1270. The van der Waals surface area contributed by atoms with Crippen LogP contribution in [0.1, 0.15) is 52.0 Å². The Morgan fingerprint density at radius 1 is 1.03 bits per heavy atom. The van der Waals surface area contributed by atoms with Gasteiger partial charge in [-0.15, -0.1) is 0 Å². The lowest BCUT2D eigenvalue weighted by molar-refractivity contribution is -0.124. The van der Waals surface area contributed by atoms with E-state index in [0.29, 0.717) is 29.8 Å². The van der Waals surface area contributed by atoms with Crippen LogP contribution in [0.4, 0.5) is 5.69 Å². The Labute approximate surface area is 219 Å². The summed E-state index contributed by atoms with van der Waals surface area (Å²) in [6.07, 6.45) is 6.57. The van der Waals surface area contributed by atoms with E-state index in [9.17, 15) is 9.59 Å². The number of nitrogens with two attached hydrogens (primary N) is 1. The molecule has 1 aromatic heterocycles. The van der Waals surface area contributed by atoms with Gasteiger partial charge < -0.3 is 21.4 Å². The number of aryl methyl sites for hydroxylation is 1. The maximum atomic E-state index is 12.7. The number of pyridine rings is 1. The van der Waals surface area contributed by atoms with Crippen LogP contribution in [0.3, 0.4) is 0 Å². The third-order valence-corrected chi connectivity index (χ3v) is 5.48. The molecular formula is C30H35N5O2. The summed E-state index contributed by atoms with van der Waals surface area (Å²) in [7, 11) is 0. The maximum Gasteiger partial charge on any atom is 0.253 e. The zero-order chi connectivity index (χ0) is 27.4. The number of rotatable bonds is 10. The van der Waals surface area contributed by atoms with Gasteiger partial charge >= 0.3 is 0 Å². The molecule has 0 bridgehead atoms. The monoisotopic (exact) mass is 497 g/mol. The fourth-order valence-electron chi connectivity index (χ4n) is 3.55. The van der Waals surface area contributed by atoms with Gasteiger partial charge in [0, 0.05) is 29.8 Å². The van der Waals surface area contributed by atoms with Crippen molar-refractivity contribution >= 4 is 23.2 Å². The van der Waals surface area contributed by atoms with Gasteiger partial charge in [-0.25, -0.2) is 0 Å². The van der Waals surface area contributed by atoms with E-state index in [1.807, 2.05) is 57.2 Å². The second-order valence-corrected chi connectivity index (χ2v) is 8.18. The van der Waals surface area contributed by atoms with Gasteiger partial charge in [-0.2, -0.15) is 0 Å². The molecule has 4 N–H and O–H groups in total. The minimum atomic E-state index is -0.304. The lowest BCUT2D eigenvalue weighted by atomic mass is 10.0. The van der Waals surface area contributed by atoms with Crippen molar-refractivity contribution in [2.24, 2.45) is 0 Å². The SMILES string of the molecule is C=CC(=O)N(C=C)Cc1ccc(Cc2cncc(C(=O)NCC(=N)c3cc(C)ccc3N)c2)cc1.CC. The lowest BCUT2D eigenvalue weighted by Crippen LogP contribution is -2.30. The third-order valence-electron chi connectivity index (χ3n) is 5.48. The number of nitrogen functional groups attached to an aromatic ring is 1. The molecule has 0 aliphatic rings. The fraction of sp³-hybridized carbons (Fsp3) is 0.200. The van der Waals surface area contributed by atoms with Gasteiger partial charge in [0.1, 0.15) is 0 Å². The Kier molecular flexibility index (Phi) is 11.0. The van der Waals surface area contributed by atoms with Crippen molar-refractivity contribution in [1.82, 2.24) is 15.2 Å². The van der Waals surface area contributed by atoms with Crippen molar-refractivity contribution < 1.29 is 9.59 Å². The van der Waals surface area contributed by atoms with E-state index in [1.54, 1.807) is 18.3 Å². The molecule has 0 saturated carbocycles. The number of amides is 2. The van der Waals surface area contributed by atoms with E-state index in [0.717, 1.165) is 22.3 Å². The average Bonchev–Trinajstić information content (AvgIpc) is 2.93. The number of aromatic nitrogens is 1. The number of hydrogen-bond acceptors (Lipinski definition) is 5. The fourth-order valence-corrected chi connectivity index (χ4v) is 3.55. The van der Waals surface area contributed by atoms with Crippen LogP contribution in [0.15, 0.2) is 86.4 Å². The molecule has 7 heteroatoms. The minimum Gasteiger partial charge on any atom is -0.398 e. The molecule has 0 unspecified atom stereocenters. The second kappa shape index (κ2) is 14.1. The smallest absolute Gasteiger partial charge is 0.253 e. The van der Waals surface area contributed by atoms with Gasteiger partial charge in [-0.3, -0.25) is 14.6 Å². The predicted molar refractivity (Wildman–Crippen MR) is 151 cm³/mol. The molecule has 0 aliphatic carbocycles. The first-order valence-corrected chi connectivity index (χ1v) is 12.1. The Morgan fingerprint density at radius 3 is 2.35 bits per heavy atom. The summed E-state index contributed by atoms with van der Waals surface area (Å²) in [5, 5.41) is 11.1. The molecule has 7 nitrogen and oxygen atoms in total. The summed E-state index contributed by atoms with van der Waals surface area (Å²) in [6, 6.07) is 15.1. The zero-order valence-corrected chi connectivity index (χ0v) is 21.8. The summed E-state index contributed by atoms with van der Waals surface area (Å²) >= 11 is 0. The van der Waals surface area contributed by atoms with Crippen molar-refractivity contribution in [2.75, 3.05) is 12.3 Å². The first-order valence-electron chi connectivity index (χ1n) is 12.1. The molecule has 0 saturated heterocycles.